The molecule has 0 saturated heterocycles. The molecular weight excluding hydrogens is 402 g/mol. The molecule has 0 fully saturated rings. The largest absolute Gasteiger partial charge is 0.350 e. The van der Waals surface area contributed by atoms with Crippen LogP contribution in [-0.2, 0) is 13.0 Å². The maximum absolute atomic E-state index is 12.5. The summed E-state index contributed by atoms with van der Waals surface area (Å²) in [6, 6.07) is 11.7. The first-order chi connectivity index (χ1) is 15.6. The van der Waals surface area contributed by atoms with E-state index in [1.807, 2.05) is 55.2 Å². The Morgan fingerprint density at radius 1 is 1.06 bits per heavy atom. The summed E-state index contributed by atoms with van der Waals surface area (Å²) in [5.74, 6) is 0.803. The highest BCUT2D eigenvalue weighted by Gasteiger charge is 2.22. The summed E-state index contributed by atoms with van der Waals surface area (Å²) in [5, 5.41) is 9.11. The molecule has 158 valence electrons. The van der Waals surface area contributed by atoms with Crippen LogP contribution < -0.4 is 10.5 Å². The lowest BCUT2D eigenvalue weighted by Crippen LogP contribution is -2.33. The summed E-state index contributed by atoms with van der Waals surface area (Å²) in [7, 11) is 0. The molecule has 0 aliphatic carbocycles. The Hall–Kier alpha value is -4.07. The monoisotopic (exact) mass is 423 g/mol. The topological polar surface area (TPSA) is 80.7 Å². The molecule has 0 radical (unpaired) electrons. The van der Waals surface area contributed by atoms with E-state index >= 15 is 0 Å². The Bertz CT molecular complexity index is 1570. The third-order valence-electron chi connectivity index (χ3n) is 6.02. The van der Waals surface area contributed by atoms with Crippen LogP contribution in [0.25, 0.3) is 22.3 Å². The van der Waals surface area contributed by atoms with Gasteiger partial charge in [-0.25, -0.2) is 9.50 Å². The number of aryl methyl sites for hydroxylation is 2. The fraction of sp³-hybridized carbons (Fsp3) is 0.208. The van der Waals surface area contributed by atoms with Gasteiger partial charge in [0.25, 0.3) is 5.56 Å². The van der Waals surface area contributed by atoms with Crippen LogP contribution >= 0.6 is 0 Å². The van der Waals surface area contributed by atoms with Crippen molar-refractivity contribution in [2.24, 2.45) is 0 Å². The molecule has 6 heterocycles. The second-order valence-corrected chi connectivity index (χ2v) is 8.25. The molecule has 0 atom stereocenters. The highest BCUT2D eigenvalue weighted by Crippen LogP contribution is 2.29. The molecule has 0 aromatic carbocycles. The molecule has 0 unspecified atom stereocenters. The number of nitrogens with zero attached hydrogens (tertiary/aromatic N) is 7. The van der Waals surface area contributed by atoms with E-state index in [0.717, 1.165) is 46.7 Å². The average Bonchev–Trinajstić information content (AvgIpc) is 3.22. The van der Waals surface area contributed by atoms with Gasteiger partial charge in [-0.3, -0.25) is 9.78 Å². The first-order valence-electron chi connectivity index (χ1n) is 10.6. The number of anilines is 1. The highest BCUT2D eigenvalue weighted by atomic mass is 16.1. The Kier molecular flexibility index (Phi) is 4.07. The summed E-state index contributed by atoms with van der Waals surface area (Å²) >= 11 is 0. The number of hydrogen-bond donors (Lipinski definition) is 0. The van der Waals surface area contributed by atoms with Gasteiger partial charge in [0.05, 0.1) is 11.7 Å². The molecule has 8 heteroatoms. The molecule has 0 amide bonds. The van der Waals surface area contributed by atoms with Crippen molar-refractivity contribution in [3.05, 3.63) is 87.9 Å². The second kappa shape index (κ2) is 6.98. The quantitative estimate of drug-likeness (QED) is 0.434. The zero-order valence-electron chi connectivity index (χ0n) is 17.9. The molecule has 8 nitrogen and oxygen atoms in total. The molecule has 32 heavy (non-hydrogen) atoms. The SMILES string of the molecule is Cc1cc(=O)n2nc(N3CCc4ncc(-c5cnn6ccccc56)cc4C3)c(C)cc2n1. The van der Waals surface area contributed by atoms with Crippen molar-refractivity contribution in [1.82, 2.24) is 29.2 Å². The maximum atomic E-state index is 12.5. The lowest BCUT2D eigenvalue weighted by molar-refractivity contribution is 0.685. The number of aromatic nitrogens is 6. The lowest BCUT2D eigenvalue weighted by atomic mass is 10.0. The van der Waals surface area contributed by atoms with Gasteiger partial charge >= 0.3 is 0 Å². The molecule has 6 rings (SSSR count). The van der Waals surface area contributed by atoms with Gasteiger partial charge in [-0.2, -0.15) is 9.61 Å². The maximum Gasteiger partial charge on any atom is 0.274 e. The minimum Gasteiger partial charge on any atom is -0.350 e. The molecule has 1 aliphatic rings. The fourth-order valence-electron chi connectivity index (χ4n) is 4.46. The van der Waals surface area contributed by atoms with E-state index < -0.39 is 0 Å². The molecule has 5 aromatic rings. The van der Waals surface area contributed by atoms with Crippen molar-refractivity contribution in [2.45, 2.75) is 26.8 Å². The summed E-state index contributed by atoms with van der Waals surface area (Å²) in [5.41, 5.74) is 7.54. The zero-order chi connectivity index (χ0) is 21.8. The third-order valence-corrected chi connectivity index (χ3v) is 6.02. The normalized spacial score (nSPS) is 13.6. The minimum atomic E-state index is -0.164. The fourth-order valence-corrected chi connectivity index (χ4v) is 4.46. The first-order valence-corrected chi connectivity index (χ1v) is 10.6. The van der Waals surface area contributed by atoms with Crippen molar-refractivity contribution >= 4 is 17.0 Å². The number of hydrogen-bond acceptors (Lipinski definition) is 6. The van der Waals surface area contributed by atoms with Crippen LogP contribution in [0.4, 0.5) is 5.82 Å². The molecular formula is C24H21N7O. The van der Waals surface area contributed by atoms with Crippen LogP contribution in [0.3, 0.4) is 0 Å². The van der Waals surface area contributed by atoms with Gasteiger partial charge in [0.1, 0.15) is 0 Å². The molecule has 0 N–H and O–H groups in total. The second-order valence-electron chi connectivity index (χ2n) is 8.25. The number of rotatable bonds is 2. The van der Waals surface area contributed by atoms with Crippen LogP contribution in [0.15, 0.2) is 59.8 Å². The van der Waals surface area contributed by atoms with Gasteiger partial charge in [-0.15, -0.1) is 5.10 Å². The van der Waals surface area contributed by atoms with Crippen LogP contribution in [0.1, 0.15) is 22.5 Å². The molecule has 1 aliphatic heterocycles. The molecule has 0 saturated carbocycles. The number of pyridine rings is 2. The van der Waals surface area contributed by atoms with E-state index in [1.54, 1.807) is 0 Å². The Balaban J connectivity index is 1.40. The van der Waals surface area contributed by atoms with Crippen molar-refractivity contribution in [3.8, 4) is 11.1 Å². The van der Waals surface area contributed by atoms with Crippen molar-refractivity contribution in [1.29, 1.82) is 0 Å². The van der Waals surface area contributed by atoms with Crippen molar-refractivity contribution in [2.75, 3.05) is 11.4 Å². The van der Waals surface area contributed by atoms with E-state index in [4.69, 9.17) is 4.98 Å². The van der Waals surface area contributed by atoms with Crippen LogP contribution in [-0.4, -0.2) is 35.7 Å². The van der Waals surface area contributed by atoms with Crippen LogP contribution in [0.5, 0.6) is 0 Å². The van der Waals surface area contributed by atoms with E-state index in [-0.39, 0.29) is 5.56 Å². The van der Waals surface area contributed by atoms with E-state index in [2.05, 4.69) is 32.2 Å². The number of fused-ring (bicyclic) bond motifs is 3. The van der Waals surface area contributed by atoms with Gasteiger partial charge in [0.15, 0.2) is 11.5 Å². The average molecular weight is 423 g/mol. The van der Waals surface area contributed by atoms with Crippen LogP contribution in [0.2, 0.25) is 0 Å². The smallest absolute Gasteiger partial charge is 0.274 e. The highest BCUT2D eigenvalue weighted by molar-refractivity contribution is 5.79. The summed E-state index contributed by atoms with van der Waals surface area (Å²) < 4.78 is 3.26. The standard InChI is InChI=1S/C24H21N7O/c1-15-9-22-27-16(2)10-23(32)31(22)28-24(15)29-8-6-20-18(14-29)11-17(12-25-20)19-13-26-30-7-4-3-5-21(19)30/h3-5,7,9-13H,6,8,14H2,1-2H3. The van der Waals surface area contributed by atoms with Gasteiger partial charge in [0.2, 0.25) is 0 Å². The van der Waals surface area contributed by atoms with Gasteiger partial charge in [-0.05, 0) is 49.2 Å². The molecule has 0 spiro atoms. The van der Waals surface area contributed by atoms with E-state index in [1.165, 1.54) is 16.1 Å². The third kappa shape index (κ3) is 2.95. The predicted octanol–water partition coefficient (Wildman–Crippen LogP) is 2.98. The molecule has 0 bridgehead atoms. The van der Waals surface area contributed by atoms with E-state index in [9.17, 15) is 4.79 Å². The lowest BCUT2D eigenvalue weighted by Gasteiger charge is -2.30. The molecule has 5 aromatic heterocycles. The Labute approximate surface area is 183 Å². The zero-order valence-corrected chi connectivity index (χ0v) is 17.9. The predicted molar refractivity (Wildman–Crippen MR) is 122 cm³/mol. The van der Waals surface area contributed by atoms with Gasteiger partial charge < -0.3 is 4.90 Å². The first kappa shape index (κ1) is 18.7. The van der Waals surface area contributed by atoms with E-state index in [0.29, 0.717) is 17.9 Å². The van der Waals surface area contributed by atoms with Crippen LogP contribution in [0, 0.1) is 13.8 Å². The minimum absolute atomic E-state index is 0.164. The van der Waals surface area contributed by atoms with Crippen molar-refractivity contribution in [3.63, 3.8) is 0 Å². The Morgan fingerprint density at radius 3 is 2.88 bits per heavy atom. The summed E-state index contributed by atoms with van der Waals surface area (Å²) in [4.78, 5) is 23.9. The van der Waals surface area contributed by atoms with Gasteiger partial charge in [0, 0.05) is 60.5 Å². The summed E-state index contributed by atoms with van der Waals surface area (Å²) in [6.45, 7) is 5.31. The van der Waals surface area contributed by atoms with Crippen molar-refractivity contribution < 1.29 is 0 Å². The van der Waals surface area contributed by atoms with Gasteiger partial charge in [-0.1, -0.05) is 6.07 Å². The Morgan fingerprint density at radius 2 is 1.97 bits per heavy atom. The summed E-state index contributed by atoms with van der Waals surface area (Å²) in [6.07, 6.45) is 6.59.